The van der Waals surface area contributed by atoms with E-state index in [1.165, 1.54) is 0 Å². The molecule has 2 aliphatic rings. The number of cyclic esters (lactones) is 1. The van der Waals surface area contributed by atoms with E-state index in [9.17, 15) is 31.2 Å². The number of aromatic nitrogens is 1. The second-order valence-corrected chi connectivity index (χ2v) is 10.7. The summed E-state index contributed by atoms with van der Waals surface area (Å²) >= 11 is 0. The molecule has 0 aliphatic carbocycles. The van der Waals surface area contributed by atoms with Crippen LogP contribution in [0.1, 0.15) is 36.3 Å². The average molecular weight is 497 g/mol. The molecule has 11 heteroatoms. The number of sulfone groups is 1. The fourth-order valence-corrected chi connectivity index (χ4v) is 4.99. The third-order valence-corrected chi connectivity index (χ3v) is 7.19. The summed E-state index contributed by atoms with van der Waals surface area (Å²) in [7, 11) is -3.84. The summed E-state index contributed by atoms with van der Waals surface area (Å²) in [5.74, 6) is -0.0406. The normalized spacial score (nSPS) is 19.1. The zero-order valence-electron chi connectivity index (χ0n) is 18.3. The van der Waals surface area contributed by atoms with E-state index in [2.05, 4.69) is 4.98 Å². The lowest BCUT2D eigenvalue weighted by Crippen LogP contribution is -2.48. The molecule has 2 aromatic rings. The molecule has 0 saturated carbocycles. The smallest absolute Gasteiger partial charge is 0.417 e. The molecule has 7 nitrogen and oxygen atoms in total. The fourth-order valence-electron chi connectivity index (χ4n) is 4.17. The number of amides is 1. The molecule has 1 aromatic carbocycles. The van der Waals surface area contributed by atoms with Crippen LogP contribution in [0.25, 0.3) is 11.1 Å². The van der Waals surface area contributed by atoms with Crippen LogP contribution >= 0.6 is 0 Å². The average Bonchev–Trinajstić information content (AvgIpc) is 3.15. The summed E-state index contributed by atoms with van der Waals surface area (Å²) < 4.78 is 68.5. The Labute approximate surface area is 194 Å². The third-order valence-electron chi connectivity index (χ3n) is 6.16. The summed E-state index contributed by atoms with van der Waals surface area (Å²) in [6, 6.07) is 7.40. The van der Waals surface area contributed by atoms with Crippen LogP contribution in [0.3, 0.4) is 0 Å². The highest BCUT2D eigenvalue weighted by atomic mass is 32.2. The number of nitrogens with zero attached hydrogens (tertiary/aromatic N) is 2. The molecule has 1 aromatic heterocycles. The first-order valence-electron chi connectivity index (χ1n) is 10.7. The van der Waals surface area contributed by atoms with Crippen molar-refractivity contribution in [1.82, 2.24) is 9.88 Å². The second-order valence-electron chi connectivity index (χ2n) is 8.76. The molecule has 0 N–H and O–H groups in total. The molecule has 34 heavy (non-hydrogen) atoms. The summed E-state index contributed by atoms with van der Waals surface area (Å²) in [6.07, 6.45) is -1.92. The summed E-state index contributed by atoms with van der Waals surface area (Å²) in [4.78, 5) is 28.8. The monoisotopic (exact) mass is 496 g/mol. The number of rotatable bonds is 6. The minimum atomic E-state index is -4.65. The zero-order valence-corrected chi connectivity index (χ0v) is 19.2. The Morgan fingerprint density at radius 3 is 2.44 bits per heavy atom. The van der Waals surface area contributed by atoms with E-state index in [4.69, 9.17) is 4.74 Å². The van der Waals surface area contributed by atoms with E-state index in [0.29, 0.717) is 50.7 Å². The molecule has 0 radical (unpaired) electrons. The highest BCUT2D eigenvalue weighted by molar-refractivity contribution is 7.90. The maximum absolute atomic E-state index is 13.2. The van der Waals surface area contributed by atoms with E-state index in [0.717, 1.165) is 17.9 Å². The van der Waals surface area contributed by atoms with Crippen molar-refractivity contribution in [2.75, 3.05) is 26.0 Å². The van der Waals surface area contributed by atoms with Crippen molar-refractivity contribution in [3.63, 3.8) is 0 Å². The van der Waals surface area contributed by atoms with Gasteiger partial charge in [-0.3, -0.25) is 9.59 Å². The van der Waals surface area contributed by atoms with Crippen molar-refractivity contribution in [3.8, 4) is 11.1 Å². The highest BCUT2D eigenvalue weighted by Crippen LogP contribution is 2.36. The molecule has 2 fully saturated rings. The van der Waals surface area contributed by atoms with Gasteiger partial charge < -0.3 is 9.64 Å². The molecule has 0 unspecified atom stereocenters. The molecular formula is C23H23F3N2O5S. The number of carbonyl (C=O) groups excluding carboxylic acids is 2. The van der Waals surface area contributed by atoms with Gasteiger partial charge in [0.15, 0.2) is 14.9 Å². The Bertz CT molecular complexity index is 1210. The van der Waals surface area contributed by atoms with Crippen molar-refractivity contribution in [2.24, 2.45) is 5.92 Å². The van der Waals surface area contributed by atoms with Crippen LogP contribution in [0, 0.1) is 5.92 Å². The molecular weight excluding hydrogens is 473 g/mol. The number of likely N-dealkylation sites (tertiary alicyclic amines) is 1. The van der Waals surface area contributed by atoms with Gasteiger partial charge in [0, 0.05) is 49.4 Å². The molecule has 1 amide bonds. The Morgan fingerprint density at radius 2 is 1.88 bits per heavy atom. The van der Waals surface area contributed by atoms with Gasteiger partial charge in [0.1, 0.15) is 0 Å². The standard InChI is InChI=1S/C23H23F3N2O5S/c1-34(31,32)22-19(9-18(10-27-22)23(24,25)26)16-5-3-15(4-6-16)17-11-28(12-17)20(29)7-2-14-8-21(30)33-13-14/h3-6,9-10,14,17H,2,7-8,11-13H2,1H3/t14-/m0/s1. The maximum atomic E-state index is 13.2. The Hall–Kier alpha value is -2.95. The molecule has 4 rings (SSSR count). The summed E-state index contributed by atoms with van der Waals surface area (Å²) in [5.41, 5.74) is 0.0797. The van der Waals surface area contributed by atoms with Crippen LogP contribution in [0.2, 0.25) is 0 Å². The van der Waals surface area contributed by atoms with Crippen LogP contribution in [0.4, 0.5) is 13.2 Å². The molecule has 2 saturated heterocycles. The Morgan fingerprint density at radius 1 is 1.21 bits per heavy atom. The van der Waals surface area contributed by atoms with E-state index < -0.39 is 26.6 Å². The van der Waals surface area contributed by atoms with Crippen molar-refractivity contribution < 1.29 is 35.9 Å². The first-order chi connectivity index (χ1) is 15.9. The lowest BCUT2D eigenvalue weighted by molar-refractivity contribution is -0.138. The third kappa shape index (κ3) is 5.24. The number of hydrogen-bond acceptors (Lipinski definition) is 6. The Kier molecular flexibility index (Phi) is 6.41. The van der Waals surface area contributed by atoms with Crippen LogP contribution in [0.15, 0.2) is 41.6 Å². The number of carbonyl (C=O) groups is 2. The van der Waals surface area contributed by atoms with E-state index in [-0.39, 0.29) is 29.3 Å². The number of benzene rings is 1. The Balaban J connectivity index is 1.42. The molecule has 0 bridgehead atoms. The topological polar surface area (TPSA) is 93.6 Å². The number of ether oxygens (including phenoxy) is 1. The lowest BCUT2D eigenvalue weighted by atomic mass is 9.89. The lowest BCUT2D eigenvalue weighted by Gasteiger charge is -2.40. The number of hydrogen-bond donors (Lipinski definition) is 0. The van der Waals surface area contributed by atoms with Gasteiger partial charge in [-0.15, -0.1) is 0 Å². The van der Waals surface area contributed by atoms with Gasteiger partial charge in [0.05, 0.1) is 18.6 Å². The fraction of sp³-hybridized carbons (Fsp3) is 0.435. The maximum Gasteiger partial charge on any atom is 0.417 e. The van der Waals surface area contributed by atoms with Crippen LogP contribution in [-0.2, 0) is 30.3 Å². The van der Waals surface area contributed by atoms with Gasteiger partial charge in [-0.1, -0.05) is 24.3 Å². The van der Waals surface area contributed by atoms with E-state index in [1.807, 2.05) is 0 Å². The predicted octanol–water partition coefficient (Wildman–Crippen LogP) is 3.44. The van der Waals surface area contributed by atoms with Gasteiger partial charge in [0.2, 0.25) is 5.91 Å². The van der Waals surface area contributed by atoms with Crippen molar-refractivity contribution in [3.05, 3.63) is 47.7 Å². The van der Waals surface area contributed by atoms with Gasteiger partial charge in [-0.25, -0.2) is 13.4 Å². The van der Waals surface area contributed by atoms with Gasteiger partial charge in [0.25, 0.3) is 0 Å². The highest BCUT2D eigenvalue weighted by Gasteiger charge is 2.34. The number of esters is 1. The molecule has 0 spiro atoms. The van der Waals surface area contributed by atoms with Crippen LogP contribution < -0.4 is 0 Å². The SMILES string of the molecule is CS(=O)(=O)c1ncc(C(F)(F)F)cc1-c1ccc(C2CN(C(=O)CC[C@@H]3COC(=O)C3)C2)cc1. The number of pyridine rings is 1. The molecule has 1 atom stereocenters. The van der Waals surface area contributed by atoms with E-state index >= 15 is 0 Å². The predicted molar refractivity (Wildman–Crippen MR) is 115 cm³/mol. The molecule has 2 aliphatic heterocycles. The van der Waals surface area contributed by atoms with Crippen molar-refractivity contribution >= 4 is 21.7 Å². The minimum Gasteiger partial charge on any atom is -0.465 e. The van der Waals surface area contributed by atoms with Crippen LogP contribution in [0.5, 0.6) is 0 Å². The summed E-state index contributed by atoms with van der Waals surface area (Å²) in [5, 5.41) is -0.414. The van der Waals surface area contributed by atoms with Crippen LogP contribution in [-0.4, -0.2) is 56.1 Å². The second kappa shape index (κ2) is 9.01. The summed E-state index contributed by atoms with van der Waals surface area (Å²) in [6.45, 7) is 1.42. The van der Waals surface area contributed by atoms with Gasteiger partial charge >= 0.3 is 12.1 Å². The quantitative estimate of drug-likeness (QED) is 0.569. The zero-order chi connectivity index (χ0) is 24.7. The van der Waals surface area contributed by atoms with Crippen molar-refractivity contribution in [1.29, 1.82) is 0 Å². The van der Waals surface area contributed by atoms with E-state index in [1.54, 1.807) is 29.2 Å². The number of halogens is 3. The van der Waals surface area contributed by atoms with Crippen molar-refractivity contribution in [2.45, 2.75) is 36.4 Å². The largest absolute Gasteiger partial charge is 0.465 e. The van der Waals surface area contributed by atoms with Gasteiger partial charge in [-0.05, 0) is 23.6 Å². The molecule has 182 valence electrons. The first kappa shape index (κ1) is 24.2. The first-order valence-corrected chi connectivity index (χ1v) is 12.6. The van der Waals surface area contributed by atoms with Gasteiger partial charge in [-0.2, -0.15) is 13.2 Å². The number of alkyl halides is 3. The molecule has 3 heterocycles. The minimum absolute atomic E-state index is 0.0139.